The molecule has 0 radical (unpaired) electrons. The molecule has 0 saturated carbocycles. The Morgan fingerprint density at radius 2 is 1.82 bits per heavy atom. The molecule has 0 unspecified atom stereocenters. The number of carbonyl (C=O) groups is 1. The van der Waals surface area contributed by atoms with Crippen LogP contribution in [0.1, 0.15) is 22.3 Å². The maximum Gasteiger partial charge on any atom is 0.416 e. The summed E-state index contributed by atoms with van der Waals surface area (Å²) in [6, 6.07) is 5.45. The van der Waals surface area contributed by atoms with Gasteiger partial charge in [-0.3, -0.25) is 19.1 Å². The minimum absolute atomic E-state index is 0.125. The summed E-state index contributed by atoms with van der Waals surface area (Å²) in [7, 11) is 1.69. The number of nitrogens with one attached hydrogen (secondary N) is 1. The van der Waals surface area contributed by atoms with Gasteiger partial charge in [-0.25, -0.2) is 9.37 Å². The standard InChI is InChI=1S/C23H22F4N4O3/c1-13-8-16(9-14(2)17(13)11-30(3)12-20(32)33)31-7-6-28-21(22(31)34)29-19-5-4-15(10-18(19)24)23(25,26)27/h4-10H,11-12H2,1-3H3,(H,28,29)(H,32,33). The lowest BCUT2D eigenvalue weighted by atomic mass is 10.0. The van der Waals surface area contributed by atoms with Gasteiger partial charge in [0.15, 0.2) is 5.82 Å². The Morgan fingerprint density at radius 1 is 1.18 bits per heavy atom. The lowest BCUT2D eigenvalue weighted by Gasteiger charge is -2.19. The highest BCUT2D eigenvalue weighted by atomic mass is 19.4. The first-order valence-corrected chi connectivity index (χ1v) is 10.1. The Balaban J connectivity index is 1.92. The molecule has 0 atom stereocenters. The molecule has 7 nitrogen and oxygen atoms in total. The largest absolute Gasteiger partial charge is 0.480 e. The number of nitrogens with zero attached hydrogens (tertiary/aromatic N) is 3. The Labute approximate surface area is 192 Å². The molecule has 3 rings (SSSR count). The summed E-state index contributed by atoms with van der Waals surface area (Å²) in [5, 5.41) is 11.4. The number of hydrogen-bond donors (Lipinski definition) is 2. The third kappa shape index (κ3) is 5.60. The molecule has 3 aromatic rings. The highest BCUT2D eigenvalue weighted by Gasteiger charge is 2.31. The van der Waals surface area contributed by atoms with E-state index in [1.54, 1.807) is 24.1 Å². The van der Waals surface area contributed by atoms with Crippen LogP contribution >= 0.6 is 0 Å². The minimum Gasteiger partial charge on any atom is -0.480 e. The molecular formula is C23H22F4N4O3. The summed E-state index contributed by atoms with van der Waals surface area (Å²) in [5.41, 5.74) is 0.992. The quantitative estimate of drug-likeness (QED) is 0.494. The van der Waals surface area contributed by atoms with Crippen LogP contribution < -0.4 is 10.9 Å². The summed E-state index contributed by atoms with van der Waals surface area (Å²) in [5.74, 6) is -2.38. The number of anilines is 2. The highest BCUT2D eigenvalue weighted by molar-refractivity contribution is 5.69. The average Bonchev–Trinajstić information content (AvgIpc) is 2.72. The number of benzene rings is 2. The first kappa shape index (κ1) is 24.9. The second-order valence-electron chi connectivity index (χ2n) is 7.89. The summed E-state index contributed by atoms with van der Waals surface area (Å²) < 4.78 is 53.8. The summed E-state index contributed by atoms with van der Waals surface area (Å²) >= 11 is 0. The van der Waals surface area contributed by atoms with Gasteiger partial charge in [0, 0.05) is 24.6 Å². The van der Waals surface area contributed by atoms with Gasteiger partial charge in [0.1, 0.15) is 5.82 Å². The lowest BCUT2D eigenvalue weighted by Crippen LogP contribution is -2.26. The van der Waals surface area contributed by atoms with Gasteiger partial charge >= 0.3 is 12.1 Å². The van der Waals surface area contributed by atoms with E-state index in [0.717, 1.165) is 22.8 Å². The van der Waals surface area contributed by atoms with Gasteiger partial charge in [-0.05, 0) is 67.9 Å². The van der Waals surface area contributed by atoms with Crippen LogP contribution in [-0.4, -0.2) is 39.1 Å². The van der Waals surface area contributed by atoms with Crippen LogP contribution in [-0.2, 0) is 17.5 Å². The normalized spacial score (nSPS) is 11.6. The van der Waals surface area contributed by atoms with Crippen molar-refractivity contribution >= 4 is 17.5 Å². The molecule has 2 N–H and O–H groups in total. The molecule has 2 aromatic carbocycles. The molecule has 0 aliphatic heterocycles. The molecule has 180 valence electrons. The molecule has 0 bridgehead atoms. The van der Waals surface area contributed by atoms with E-state index in [9.17, 15) is 27.2 Å². The van der Waals surface area contributed by atoms with Crippen molar-refractivity contribution < 1.29 is 27.5 Å². The van der Waals surface area contributed by atoms with Crippen LogP contribution in [0.25, 0.3) is 5.69 Å². The van der Waals surface area contributed by atoms with E-state index in [4.69, 9.17) is 5.11 Å². The molecule has 0 aliphatic rings. The Morgan fingerprint density at radius 3 is 2.38 bits per heavy atom. The molecule has 0 saturated heterocycles. The van der Waals surface area contributed by atoms with Crippen LogP contribution in [0.5, 0.6) is 0 Å². The van der Waals surface area contributed by atoms with E-state index in [0.29, 0.717) is 24.4 Å². The number of aromatic nitrogens is 2. The topological polar surface area (TPSA) is 87.5 Å². The zero-order chi connectivity index (χ0) is 25.2. The highest BCUT2D eigenvalue weighted by Crippen LogP contribution is 2.31. The van der Waals surface area contributed by atoms with E-state index < -0.39 is 29.1 Å². The van der Waals surface area contributed by atoms with Crippen molar-refractivity contribution in [3.05, 3.63) is 81.2 Å². The van der Waals surface area contributed by atoms with E-state index in [1.165, 1.54) is 17.0 Å². The first-order valence-electron chi connectivity index (χ1n) is 10.1. The Hall–Kier alpha value is -3.73. The van der Waals surface area contributed by atoms with Crippen molar-refractivity contribution in [3.8, 4) is 5.69 Å². The number of aryl methyl sites for hydroxylation is 2. The number of halogens is 4. The first-order chi connectivity index (χ1) is 15.9. The van der Waals surface area contributed by atoms with Crippen molar-refractivity contribution in [1.29, 1.82) is 0 Å². The van der Waals surface area contributed by atoms with Crippen molar-refractivity contribution in [2.75, 3.05) is 18.9 Å². The molecule has 34 heavy (non-hydrogen) atoms. The molecule has 11 heteroatoms. The number of carboxylic acids is 1. The van der Waals surface area contributed by atoms with Gasteiger partial charge in [0.2, 0.25) is 0 Å². The predicted octanol–water partition coefficient (Wildman–Crippen LogP) is 4.27. The summed E-state index contributed by atoms with van der Waals surface area (Å²) in [6.45, 7) is 3.95. The Kier molecular flexibility index (Phi) is 7.06. The minimum atomic E-state index is -4.69. The van der Waals surface area contributed by atoms with Gasteiger partial charge in [0.25, 0.3) is 5.56 Å². The summed E-state index contributed by atoms with van der Waals surface area (Å²) in [4.78, 5) is 29.5. The van der Waals surface area contributed by atoms with Crippen LogP contribution in [0, 0.1) is 19.7 Å². The van der Waals surface area contributed by atoms with Crippen LogP contribution in [0.4, 0.5) is 29.1 Å². The van der Waals surface area contributed by atoms with E-state index in [1.807, 2.05) is 13.8 Å². The second-order valence-corrected chi connectivity index (χ2v) is 7.89. The van der Waals surface area contributed by atoms with Crippen molar-refractivity contribution in [2.45, 2.75) is 26.6 Å². The molecule has 1 heterocycles. The van der Waals surface area contributed by atoms with E-state index in [2.05, 4.69) is 10.3 Å². The zero-order valence-corrected chi connectivity index (χ0v) is 18.6. The molecule has 0 aliphatic carbocycles. The van der Waals surface area contributed by atoms with Gasteiger partial charge in [0.05, 0.1) is 17.8 Å². The molecule has 0 spiro atoms. The van der Waals surface area contributed by atoms with Crippen LogP contribution in [0.2, 0.25) is 0 Å². The third-order valence-corrected chi connectivity index (χ3v) is 5.18. The number of aliphatic carboxylic acids is 1. The van der Waals surface area contributed by atoms with Gasteiger partial charge in [-0.15, -0.1) is 0 Å². The fourth-order valence-electron chi connectivity index (χ4n) is 3.54. The Bertz CT molecular complexity index is 1260. The summed E-state index contributed by atoms with van der Waals surface area (Å²) in [6.07, 6.45) is -1.96. The van der Waals surface area contributed by atoms with Gasteiger partial charge in [-0.1, -0.05) is 0 Å². The number of rotatable bonds is 7. The van der Waals surface area contributed by atoms with E-state index >= 15 is 0 Å². The average molecular weight is 478 g/mol. The SMILES string of the molecule is Cc1cc(-n2ccnc(Nc3ccc(C(F)(F)F)cc3F)c2=O)cc(C)c1CN(C)CC(=O)O. The van der Waals surface area contributed by atoms with Crippen molar-refractivity contribution in [3.63, 3.8) is 0 Å². The van der Waals surface area contributed by atoms with Gasteiger partial charge in [-0.2, -0.15) is 13.2 Å². The van der Waals surface area contributed by atoms with Crippen molar-refractivity contribution in [2.24, 2.45) is 0 Å². The number of likely N-dealkylation sites (N-methyl/N-ethyl adjacent to an activating group) is 1. The third-order valence-electron chi connectivity index (χ3n) is 5.18. The number of carboxylic acid groups (broad SMARTS) is 1. The maximum atomic E-state index is 14.2. The van der Waals surface area contributed by atoms with Crippen LogP contribution in [0.3, 0.4) is 0 Å². The fourth-order valence-corrected chi connectivity index (χ4v) is 3.54. The maximum absolute atomic E-state index is 14.2. The zero-order valence-electron chi connectivity index (χ0n) is 18.6. The molecule has 1 aromatic heterocycles. The van der Waals surface area contributed by atoms with Crippen molar-refractivity contribution in [1.82, 2.24) is 14.5 Å². The second kappa shape index (κ2) is 9.64. The number of alkyl halides is 3. The monoisotopic (exact) mass is 478 g/mol. The van der Waals surface area contributed by atoms with E-state index in [-0.39, 0.29) is 18.1 Å². The molecular weight excluding hydrogens is 456 g/mol. The smallest absolute Gasteiger partial charge is 0.416 e. The fraction of sp³-hybridized carbons (Fsp3) is 0.261. The van der Waals surface area contributed by atoms with Gasteiger partial charge < -0.3 is 10.4 Å². The molecule has 0 amide bonds. The number of hydrogen-bond acceptors (Lipinski definition) is 5. The lowest BCUT2D eigenvalue weighted by molar-refractivity contribution is -0.138. The predicted molar refractivity (Wildman–Crippen MR) is 118 cm³/mol. The molecule has 0 fully saturated rings. The van der Waals surface area contributed by atoms with Crippen LogP contribution in [0.15, 0.2) is 47.5 Å².